The molecule has 1 fully saturated rings. The lowest BCUT2D eigenvalue weighted by Crippen LogP contribution is -2.29. The number of para-hydroxylation sites is 1. The molecule has 0 N–H and O–H groups in total. The Morgan fingerprint density at radius 2 is 1.83 bits per heavy atom. The molecule has 130 valence electrons. The summed E-state index contributed by atoms with van der Waals surface area (Å²) in [6.45, 7) is 7.29. The zero-order chi connectivity index (χ0) is 17.2. The van der Waals surface area contributed by atoms with Gasteiger partial charge in [0.05, 0.1) is 14.2 Å². The summed E-state index contributed by atoms with van der Waals surface area (Å²) in [5.74, 6) is 2.49. The van der Waals surface area contributed by atoms with E-state index in [1.54, 1.807) is 14.2 Å². The van der Waals surface area contributed by atoms with Crippen LogP contribution in [0.3, 0.4) is 0 Å². The molecule has 0 saturated carbocycles. The first-order chi connectivity index (χ1) is 11.2. The van der Waals surface area contributed by atoms with Gasteiger partial charge in [0, 0.05) is 6.04 Å². The minimum atomic E-state index is 0.785. The summed E-state index contributed by atoms with van der Waals surface area (Å²) in [7, 11) is 5.53. The fourth-order valence-corrected chi connectivity index (χ4v) is 3.28. The van der Waals surface area contributed by atoms with Gasteiger partial charge >= 0.3 is 0 Å². The molecule has 3 rings (SSSR count). The Labute approximate surface area is 142 Å². The summed E-state index contributed by atoms with van der Waals surface area (Å²) in [6.07, 6.45) is 8.83. The van der Waals surface area contributed by atoms with Crippen molar-refractivity contribution in [3.63, 3.8) is 0 Å². The topological polar surface area (TPSA) is 21.7 Å². The van der Waals surface area contributed by atoms with Gasteiger partial charge in [-0.3, -0.25) is 0 Å². The van der Waals surface area contributed by atoms with Crippen LogP contribution >= 0.6 is 0 Å². The summed E-state index contributed by atoms with van der Waals surface area (Å²) >= 11 is 0. The molecule has 1 aromatic carbocycles. The van der Waals surface area contributed by atoms with Crippen molar-refractivity contribution in [3.05, 3.63) is 35.9 Å². The van der Waals surface area contributed by atoms with Crippen LogP contribution in [0.5, 0.6) is 11.5 Å². The van der Waals surface area contributed by atoms with Gasteiger partial charge in [-0.15, -0.1) is 0 Å². The maximum absolute atomic E-state index is 5.14. The average molecular weight is 319 g/mol. The Balaban J connectivity index is 0.000000208. The summed E-state index contributed by atoms with van der Waals surface area (Å²) in [6, 6.07) is 6.69. The second kappa shape index (κ2) is 10.3. The van der Waals surface area contributed by atoms with Crippen LogP contribution in [0.25, 0.3) is 0 Å². The van der Waals surface area contributed by atoms with Crippen LogP contribution in [-0.4, -0.2) is 38.8 Å². The number of fused-ring (bicyclic) bond motifs is 1. The molecule has 0 bridgehead atoms. The molecule has 2 unspecified atom stereocenters. The summed E-state index contributed by atoms with van der Waals surface area (Å²) in [4.78, 5) is 2.51. The maximum atomic E-state index is 5.14. The highest BCUT2D eigenvalue weighted by Crippen LogP contribution is 2.30. The van der Waals surface area contributed by atoms with E-state index in [2.05, 4.69) is 24.1 Å². The van der Waals surface area contributed by atoms with Gasteiger partial charge in [-0.1, -0.05) is 38.1 Å². The molecule has 23 heavy (non-hydrogen) atoms. The average Bonchev–Trinajstić information content (AvgIpc) is 2.98. The molecule has 2 atom stereocenters. The SMILES string of the molecule is CC.CN1CCC2C=CCCC21.COc1cccc(C)c1OC. The van der Waals surface area contributed by atoms with Crippen LogP contribution in [-0.2, 0) is 0 Å². The Morgan fingerprint density at radius 3 is 2.39 bits per heavy atom. The van der Waals surface area contributed by atoms with Gasteiger partial charge in [0.15, 0.2) is 11.5 Å². The molecule has 1 aliphatic carbocycles. The molecular weight excluding hydrogens is 286 g/mol. The number of hydrogen-bond donors (Lipinski definition) is 0. The fourth-order valence-electron chi connectivity index (χ4n) is 3.28. The van der Waals surface area contributed by atoms with Crippen molar-refractivity contribution < 1.29 is 9.47 Å². The quantitative estimate of drug-likeness (QED) is 0.738. The lowest BCUT2D eigenvalue weighted by atomic mass is 9.91. The van der Waals surface area contributed by atoms with Crippen LogP contribution in [0.15, 0.2) is 30.4 Å². The van der Waals surface area contributed by atoms with Crippen molar-refractivity contribution in [2.45, 2.75) is 46.1 Å². The molecule has 2 aliphatic rings. The first-order valence-electron chi connectivity index (χ1n) is 8.72. The predicted octanol–water partition coefficient (Wildman–Crippen LogP) is 4.70. The van der Waals surface area contributed by atoms with Crippen LogP contribution in [0.4, 0.5) is 0 Å². The predicted molar refractivity (Wildman–Crippen MR) is 98.5 cm³/mol. The zero-order valence-electron chi connectivity index (χ0n) is 15.6. The molecule has 3 heteroatoms. The normalized spacial score (nSPS) is 22.2. The fraction of sp³-hybridized carbons (Fsp3) is 0.600. The third-order valence-electron chi connectivity index (χ3n) is 4.49. The first-order valence-corrected chi connectivity index (χ1v) is 8.72. The molecule has 3 nitrogen and oxygen atoms in total. The Morgan fingerprint density at radius 1 is 1.09 bits per heavy atom. The minimum Gasteiger partial charge on any atom is -0.493 e. The molecular formula is C20H33NO2. The molecule has 1 saturated heterocycles. The van der Waals surface area contributed by atoms with Gasteiger partial charge in [-0.25, -0.2) is 0 Å². The number of allylic oxidation sites excluding steroid dienone is 1. The number of ether oxygens (including phenoxy) is 2. The van der Waals surface area contributed by atoms with Gasteiger partial charge < -0.3 is 14.4 Å². The van der Waals surface area contributed by atoms with Crippen molar-refractivity contribution in [2.75, 3.05) is 27.8 Å². The van der Waals surface area contributed by atoms with Gasteiger partial charge in [0.2, 0.25) is 0 Å². The number of hydrogen-bond acceptors (Lipinski definition) is 3. The van der Waals surface area contributed by atoms with Crippen molar-refractivity contribution in [1.29, 1.82) is 0 Å². The van der Waals surface area contributed by atoms with Crippen molar-refractivity contribution in [3.8, 4) is 11.5 Å². The highest BCUT2D eigenvalue weighted by Gasteiger charge is 2.30. The van der Waals surface area contributed by atoms with Crippen LogP contribution < -0.4 is 9.47 Å². The summed E-state index contributed by atoms with van der Waals surface area (Å²) in [5.41, 5.74) is 1.09. The van der Waals surface area contributed by atoms with E-state index in [0.29, 0.717) is 0 Å². The first kappa shape index (κ1) is 19.6. The standard InChI is InChI=1S/C9H15N.C9H12O2.C2H6/c1-10-7-6-8-4-2-3-5-9(8)10;1-7-5-4-6-8(10-2)9(7)11-3;1-2/h2,4,8-9H,3,5-7H2,1H3;4-6H,1-3H3;1-2H3. The highest BCUT2D eigenvalue weighted by molar-refractivity contribution is 5.45. The van der Waals surface area contributed by atoms with Crippen molar-refractivity contribution in [2.24, 2.45) is 5.92 Å². The number of aryl methyl sites for hydroxylation is 1. The van der Waals surface area contributed by atoms with E-state index in [4.69, 9.17) is 9.47 Å². The van der Waals surface area contributed by atoms with E-state index in [0.717, 1.165) is 29.0 Å². The summed E-state index contributed by atoms with van der Waals surface area (Å²) < 4.78 is 10.2. The zero-order valence-corrected chi connectivity index (χ0v) is 15.6. The third-order valence-corrected chi connectivity index (χ3v) is 4.49. The monoisotopic (exact) mass is 319 g/mol. The maximum Gasteiger partial charge on any atom is 0.163 e. The highest BCUT2D eigenvalue weighted by atomic mass is 16.5. The molecule has 1 aromatic rings. The third kappa shape index (κ3) is 5.28. The van der Waals surface area contributed by atoms with Crippen LogP contribution in [0, 0.1) is 12.8 Å². The lowest BCUT2D eigenvalue weighted by molar-refractivity contribution is 0.270. The molecule has 0 aromatic heterocycles. The Kier molecular flexibility index (Phi) is 8.78. The van der Waals surface area contributed by atoms with Gasteiger partial charge in [-0.05, 0) is 57.3 Å². The number of benzene rings is 1. The second-order valence-corrected chi connectivity index (χ2v) is 5.82. The Bertz CT molecular complexity index is 485. The van der Waals surface area contributed by atoms with E-state index in [9.17, 15) is 0 Å². The molecule has 0 amide bonds. The van der Waals surface area contributed by atoms with Crippen LogP contribution in [0.1, 0.15) is 38.7 Å². The van der Waals surface area contributed by atoms with E-state index in [1.165, 1.54) is 25.8 Å². The number of likely N-dealkylation sites (tertiary alicyclic amines) is 1. The van der Waals surface area contributed by atoms with E-state index >= 15 is 0 Å². The van der Waals surface area contributed by atoms with Gasteiger partial charge in [0.1, 0.15) is 0 Å². The van der Waals surface area contributed by atoms with Crippen LogP contribution in [0.2, 0.25) is 0 Å². The largest absolute Gasteiger partial charge is 0.493 e. The summed E-state index contributed by atoms with van der Waals surface area (Å²) in [5, 5.41) is 0. The number of methoxy groups -OCH3 is 2. The second-order valence-electron chi connectivity index (χ2n) is 5.82. The van der Waals surface area contributed by atoms with E-state index < -0.39 is 0 Å². The number of nitrogens with zero attached hydrogens (tertiary/aromatic N) is 1. The van der Waals surface area contributed by atoms with E-state index in [-0.39, 0.29) is 0 Å². The molecule has 0 spiro atoms. The smallest absolute Gasteiger partial charge is 0.163 e. The van der Waals surface area contributed by atoms with Gasteiger partial charge in [0.25, 0.3) is 0 Å². The van der Waals surface area contributed by atoms with Crippen molar-refractivity contribution >= 4 is 0 Å². The van der Waals surface area contributed by atoms with E-state index in [1.807, 2.05) is 39.0 Å². The molecule has 0 radical (unpaired) electrons. The lowest BCUT2D eigenvalue weighted by Gasteiger charge is -2.25. The number of rotatable bonds is 2. The Hall–Kier alpha value is -1.48. The minimum absolute atomic E-state index is 0.785. The molecule has 1 heterocycles. The van der Waals surface area contributed by atoms with Crippen molar-refractivity contribution in [1.82, 2.24) is 4.90 Å². The van der Waals surface area contributed by atoms with Gasteiger partial charge in [-0.2, -0.15) is 0 Å². The molecule has 1 aliphatic heterocycles.